The van der Waals surface area contributed by atoms with Crippen LogP contribution in [0.2, 0.25) is 0 Å². The molecule has 0 aromatic heterocycles. The molecule has 0 spiro atoms. The third-order valence-electron chi connectivity index (χ3n) is 3.87. The third kappa shape index (κ3) is 3.60. The van der Waals surface area contributed by atoms with Crippen molar-refractivity contribution in [3.05, 3.63) is 29.1 Å². The van der Waals surface area contributed by atoms with E-state index in [2.05, 4.69) is 4.72 Å². The number of halogens is 1. The van der Waals surface area contributed by atoms with Gasteiger partial charge in [0.05, 0.1) is 11.0 Å². The molecule has 0 amide bonds. The first-order valence-electron chi connectivity index (χ1n) is 6.91. The first-order chi connectivity index (χ1) is 9.87. The van der Waals surface area contributed by atoms with Crippen LogP contribution in [0, 0.1) is 12.7 Å². The van der Waals surface area contributed by atoms with Crippen LogP contribution in [0.1, 0.15) is 30.4 Å². The molecule has 5 nitrogen and oxygen atoms in total. The van der Waals surface area contributed by atoms with Gasteiger partial charge in [0.15, 0.2) is 0 Å². The number of hydrogen-bond donors (Lipinski definition) is 2. The molecule has 0 bridgehead atoms. The van der Waals surface area contributed by atoms with Crippen molar-refractivity contribution in [1.29, 1.82) is 0 Å². The largest absolute Gasteiger partial charge is 0.381 e. The smallest absolute Gasteiger partial charge is 0.240 e. The monoisotopic (exact) mass is 316 g/mol. The van der Waals surface area contributed by atoms with Crippen molar-refractivity contribution in [3.63, 3.8) is 0 Å². The van der Waals surface area contributed by atoms with Gasteiger partial charge in [0.1, 0.15) is 5.82 Å². The van der Waals surface area contributed by atoms with E-state index in [0.29, 0.717) is 6.42 Å². The molecule has 1 saturated carbocycles. The molecule has 2 rings (SSSR count). The molecule has 0 aliphatic heterocycles. The Labute approximate surface area is 124 Å². The van der Waals surface area contributed by atoms with Crippen molar-refractivity contribution < 1.29 is 17.5 Å². The number of hydrogen-bond acceptors (Lipinski definition) is 4. The molecule has 2 unspecified atom stereocenters. The number of methoxy groups -OCH3 is 1. The summed E-state index contributed by atoms with van der Waals surface area (Å²) >= 11 is 0. The van der Waals surface area contributed by atoms with Gasteiger partial charge in [0, 0.05) is 25.3 Å². The molecule has 1 aliphatic rings. The quantitative estimate of drug-likeness (QED) is 0.861. The van der Waals surface area contributed by atoms with Crippen LogP contribution >= 0.6 is 0 Å². The molecule has 7 heteroatoms. The van der Waals surface area contributed by atoms with E-state index in [0.717, 1.165) is 12.8 Å². The average molecular weight is 316 g/mol. The number of nitrogens with one attached hydrogen (secondary N) is 1. The van der Waals surface area contributed by atoms with Crippen molar-refractivity contribution >= 4 is 10.0 Å². The van der Waals surface area contributed by atoms with Gasteiger partial charge in [0.25, 0.3) is 0 Å². The second-order valence-electron chi connectivity index (χ2n) is 5.41. The van der Waals surface area contributed by atoms with E-state index in [1.807, 2.05) is 0 Å². The van der Waals surface area contributed by atoms with Gasteiger partial charge in [0.2, 0.25) is 10.0 Å². The highest BCUT2D eigenvalue weighted by Gasteiger charge is 2.29. The lowest BCUT2D eigenvalue weighted by molar-refractivity contribution is 0.107. The summed E-state index contributed by atoms with van der Waals surface area (Å²) in [4.78, 5) is 0.0581. The van der Waals surface area contributed by atoms with Gasteiger partial charge in [-0.2, -0.15) is 0 Å². The lowest BCUT2D eigenvalue weighted by Gasteiger charge is -2.15. The fourth-order valence-corrected chi connectivity index (χ4v) is 4.08. The van der Waals surface area contributed by atoms with Gasteiger partial charge in [-0.15, -0.1) is 0 Å². The minimum Gasteiger partial charge on any atom is -0.381 e. The van der Waals surface area contributed by atoms with Crippen molar-refractivity contribution in [3.8, 4) is 0 Å². The Morgan fingerprint density at radius 3 is 2.71 bits per heavy atom. The Kier molecular flexibility index (Phi) is 4.98. The van der Waals surface area contributed by atoms with Crippen LogP contribution < -0.4 is 10.5 Å². The highest BCUT2D eigenvalue weighted by atomic mass is 32.2. The molecule has 0 saturated heterocycles. The Balaban J connectivity index is 2.22. The average Bonchev–Trinajstić information content (AvgIpc) is 2.88. The molecule has 118 valence electrons. The molecule has 21 heavy (non-hydrogen) atoms. The summed E-state index contributed by atoms with van der Waals surface area (Å²) in [7, 11) is -2.05. The Morgan fingerprint density at radius 2 is 2.14 bits per heavy atom. The first-order valence-corrected chi connectivity index (χ1v) is 8.40. The minimum absolute atomic E-state index is 0.0365. The van der Waals surface area contributed by atoms with Gasteiger partial charge >= 0.3 is 0 Å². The highest BCUT2D eigenvalue weighted by Crippen LogP contribution is 2.24. The molecule has 0 radical (unpaired) electrons. The van der Waals surface area contributed by atoms with Crippen molar-refractivity contribution in [2.24, 2.45) is 5.73 Å². The fraction of sp³-hybridized carbons (Fsp3) is 0.571. The molecule has 1 fully saturated rings. The lowest BCUT2D eigenvalue weighted by Crippen LogP contribution is -2.33. The summed E-state index contributed by atoms with van der Waals surface area (Å²) in [5.74, 6) is -0.447. The number of benzene rings is 1. The zero-order valence-corrected chi connectivity index (χ0v) is 13.0. The van der Waals surface area contributed by atoms with Crippen LogP contribution in [-0.4, -0.2) is 27.7 Å². The van der Waals surface area contributed by atoms with E-state index in [4.69, 9.17) is 10.5 Å². The number of sulfonamides is 1. The van der Waals surface area contributed by atoms with Crippen molar-refractivity contribution in [1.82, 2.24) is 4.72 Å². The van der Waals surface area contributed by atoms with Gasteiger partial charge in [-0.25, -0.2) is 17.5 Å². The Morgan fingerprint density at radius 1 is 1.43 bits per heavy atom. The van der Waals surface area contributed by atoms with Crippen LogP contribution in [0.5, 0.6) is 0 Å². The first kappa shape index (κ1) is 16.4. The lowest BCUT2D eigenvalue weighted by atomic mass is 10.1. The fourth-order valence-electron chi connectivity index (χ4n) is 2.66. The van der Waals surface area contributed by atoms with Crippen LogP contribution in [0.3, 0.4) is 0 Å². The maximum atomic E-state index is 13.8. The van der Waals surface area contributed by atoms with Crippen LogP contribution in [0.15, 0.2) is 17.0 Å². The van der Waals surface area contributed by atoms with Gasteiger partial charge < -0.3 is 10.5 Å². The van der Waals surface area contributed by atoms with Crippen LogP contribution in [0.4, 0.5) is 4.39 Å². The second kappa shape index (κ2) is 6.39. The summed E-state index contributed by atoms with van der Waals surface area (Å²) in [5.41, 5.74) is 5.94. The van der Waals surface area contributed by atoms with Crippen molar-refractivity contribution in [2.75, 3.05) is 7.11 Å². The van der Waals surface area contributed by atoms with E-state index in [-0.39, 0.29) is 34.7 Å². The number of rotatable bonds is 5. The summed E-state index contributed by atoms with van der Waals surface area (Å²) < 4.78 is 46.5. The third-order valence-corrected chi connectivity index (χ3v) is 5.37. The molecule has 1 aromatic rings. The maximum Gasteiger partial charge on any atom is 0.240 e. The van der Waals surface area contributed by atoms with Crippen LogP contribution in [-0.2, 0) is 21.3 Å². The zero-order valence-electron chi connectivity index (χ0n) is 12.2. The van der Waals surface area contributed by atoms with Crippen molar-refractivity contribution in [2.45, 2.75) is 49.8 Å². The SMILES string of the molecule is COC1CCC(NS(=O)(=O)c2cc(C)c(F)c(CN)c2)C1. The molecule has 2 atom stereocenters. The van der Waals surface area contributed by atoms with E-state index >= 15 is 0 Å². The molecule has 1 aliphatic carbocycles. The van der Waals surface area contributed by atoms with Crippen LogP contribution in [0.25, 0.3) is 0 Å². The molecule has 1 aromatic carbocycles. The topological polar surface area (TPSA) is 81.4 Å². The minimum atomic E-state index is -3.67. The maximum absolute atomic E-state index is 13.8. The molecule has 3 N–H and O–H groups in total. The predicted octanol–water partition coefficient (Wildman–Crippen LogP) is 1.44. The van der Waals surface area contributed by atoms with E-state index < -0.39 is 15.8 Å². The Bertz CT molecular complexity index is 619. The number of aryl methyl sites for hydroxylation is 1. The summed E-state index contributed by atoms with van der Waals surface area (Å²) in [6, 6.07) is 2.49. The summed E-state index contributed by atoms with van der Waals surface area (Å²) in [6.07, 6.45) is 2.31. The van der Waals surface area contributed by atoms with E-state index in [1.165, 1.54) is 19.1 Å². The summed E-state index contributed by atoms with van der Waals surface area (Å²) in [5, 5.41) is 0. The molecular weight excluding hydrogens is 295 g/mol. The van der Waals surface area contributed by atoms with E-state index in [1.54, 1.807) is 7.11 Å². The second-order valence-corrected chi connectivity index (χ2v) is 7.12. The summed E-state index contributed by atoms with van der Waals surface area (Å²) in [6.45, 7) is 1.50. The molecule has 0 heterocycles. The molecular formula is C14H21FN2O3S. The number of nitrogens with two attached hydrogens (primary N) is 1. The Hall–Kier alpha value is -1.02. The number of ether oxygens (including phenoxy) is 1. The van der Waals surface area contributed by atoms with E-state index in [9.17, 15) is 12.8 Å². The van der Waals surface area contributed by atoms with Gasteiger partial charge in [-0.05, 0) is 43.9 Å². The standard InChI is InChI=1S/C14H21FN2O3S/c1-9-5-13(6-10(8-16)14(9)15)21(18,19)17-11-3-4-12(7-11)20-2/h5-6,11-12,17H,3-4,7-8,16H2,1-2H3. The predicted molar refractivity (Wildman–Crippen MR) is 77.8 cm³/mol. The normalized spacial score (nSPS) is 22.7. The zero-order chi connectivity index (χ0) is 15.6. The van der Waals surface area contributed by atoms with Gasteiger partial charge in [-0.3, -0.25) is 0 Å². The highest BCUT2D eigenvalue weighted by molar-refractivity contribution is 7.89. The van der Waals surface area contributed by atoms with Gasteiger partial charge in [-0.1, -0.05) is 0 Å².